The zero-order valence-corrected chi connectivity index (χ0v) is 12.5. The first-order valence-corrected chi connectivity index (χ1v) is 7.02. The normalized spacial score (nSPS) is 13.0. The molecule has 0 aliphatic heterocycles. The Balaban J connectivity index is 2.46. The van der Waals surface area contributed by atoms with E-state index < -0.39 is 29.4 Å². The Kier molecular flexibility index (Phi) is 5.42. The number of nitrogens with zero attached hydrogens (tertiary/aromatic N) is 1. The van der Waals surface area contributed by atoms with Gasteiger partial charge >= 0.3 is 5.97 Å². The van der Waals surface area contributed by atoms with E-state index in [9.17, 15) is 18.8 Å². The molecular formula is C18H15F2NO2. The van der Waals surface area contributed by atoms with Crippen molar-refractivity contribution in [3.63, 3.8) is 0 Å². The smallest absolute Gasteiger partial charge is 0.306 e. The summed E-state index contributed by atoms with van der Waals surface area (Å²) in [6.45, 7) is 0. The van der Waals surface area contributed by atoms with Crippen LogP contribution in [0.4, 0.5) is 8.78 Å². The minimum absolute atomic E-state index is 0.102. The van der Waals surface area contributed by atoms with Crippen LogP contribution in [0.25, 0.3) is 0 Å². The van der Waals surface area contributed by atoms with Gasteiger partial charge in [0.15, 0.2) is 0 Å². The molecule has 3 nitrogen and oxygen atoms in total. The van der Waals surface area contributed by atoms with Crippen LogP contribution in [0, 0.1) is 23.0 Å². The average Bonchev–Trinajstić information content (AvgIpc) is 2.54. The lowest BCUT2D eigenvalue weighted by atomic mass is 9.80. The third-order valence-corrected chi connectivity index (χ3v) is 3.64. The number of hydrogen-bond donors (Lipinski definition) is 0. The maximum Gasteiger partial charge on any atom is 0.306 e. The Bertz CT molecular complexity index is 740. The van der Waals surface area contributed by atoms with Crippen LogP contribution >= 0.6 is 0 Å². The van der Waals surface area contributed by atoms with E-state index in [0.717, 1.165) is 0 Å². The molecule has 2 rings (SSSR count). The second-order valence-corrected chi connectivity index (χ2v) is 5.10. The summed E-state index contributed by atoms with van der Waals surface area (Å²) in [6.07, 6.45) is -0.102. The number of carbonyl (C=O) groups excluding carboxylic acids is 1. The molecule has 0 N–H and O–H groups in total. The highest BCUT2D eigenvalue weighted by atomic mass is 19.1. The van der Waals surface area contributed by atoms with Gasteiger partial charge in [-0.3, -0.25) is 4.79 Å². The zero-order chi connectivity index (χ0) is 16.8. The molecule has 2 unspecified atom stereocenters. The molecule has 2 aromatic carbocycles. The van der Waals surface area contributed by atoms with E-state index in [4.69, 9.17) is 0 Å². The molecule has 118 valence electrons. The van der Waals surface area contributed by atoms with Crippen molar-refractivity contribution in [3.05, 3.63) is 71.3 Å². The van der Waals surface area contributed by atoms with E-state index in [-0.39, 0.29) is 6.42 Å². The molecule has 0 amide bonds. The Labute approximate surface area is 133 Å². The lowest BCUT2D eigenvalue weighted by molar-refractivity contribution is -0.141. The van der Waals surface area contributed by atoms with Crippen molar-refractivity contribution in [3.8, 4) is 6.07 Å². The summed E-state index contributed by atoms with van der Waals surface area (Å²) in [6, 6.07) is 13.4. The Morgan fingerprint density at radius 2 is 1.70 bits per heavy atom. The Morgan fingerprint density at radius 1 is 1.13 bits per heavy atom. The number of ether oxygens (including phenoxy) is 1. The topological polar surface area (TPSA) is 50.1 Å². The van der Waals surface area contributed by atoms with Gasteiger partial charge in [-0.1, -0.05) is 24.3 Å². The maximum atomic E-state index is 13.5. The predicted molar refractivity (Wildman–Crippen MR) is 80.5 cm³/mol. The fourth-order valence-corrected chi connectivity index (χ4v) is 2.53. The third kappa shape index (κ3) is 4.13. The molecule has 0 saturated heterocycles. The van der Waals surface area contributed by atoms with Crippen molar-refractivity contribution in [2.45, 2.75) is 18.3 Å². The molecule has 23 heavy (non-hydrogen) atoms. The van der Waals surface area contributed by atoms with Crippen molar-refractivity contribution in [2.24, 2.45) is 0 Å². The molecule has 0 radical (unpaired) electrons. The van der Waals surface area contributed by atoms with Crippen molar-refractivity contribution in [1.29, 1.82) is 5.26 Å². The largest absolute Gasteiger partial charge is 0.469 e. The summed E-state index contributed by atoms with van der Waals surface area (Å²) < 4.78 is 31.7. The first-order chi connectivity index (χ1) is 11.0. The Morgan fingerprint density at radius 3 is 2.22 bits per heavy atom. The summed E-state index contributed by atoms with van der Waals surface area (Å²) in [5.74, 6) is -2.89. The van der Waals surface area contributed by atoms with Gasteiger partial charge in [-0.05, 0) is 35.4 Å². The van der Waals surface area contributed by atoms with E-state index in [0.29, 0.717) is 11.1 Å². The molecule has 0 heterocycles. The number of carbonyl (C=O) groups is 1. The van der Waals surface area contributed by atoms with Crippen LogP contribution in [-0.2, 0) is 9.53 Å². The van der Waals surface area contributed by atoms with E-state index in [1.54, 1.807) is 12.1 Å². The van der Waals surface area contributed by atoms with Gasteiger partial charge in [0.2, 0.25) is 0 Å². The summed E-state index contributed by atoms with van der Waals surface area (Å²) in [7, 11) is 1.24. The molecule has 0 fully saturated rings. The summed E-state index contributed by atoms with van der Waals surface area (Å²) >= 11 is 0. The highest BCUT2D eigenvalue weighted by Gasteiger charge is 2.28. The van der Waals surface area contributed by atoms with Crippen LogP contribution in [0.15, 0.2) is 48.5 Å². The fourth-order valence-electron chi connectivity index (χ4n) is 2.53. The van der Waals surface area contributed by atoms with Gasteiger partial charge in [-0.25, -0.2) is 8.78 Å². The van der Waals surface area contributed by atoms with Crippen molar-refractivity contribution >= 4 is 5.97 Å². The van der Waals surface area contributed by atoms with Gasteiger partial charge in [0.05, 0.1) is 25.5 Å². The molecule has 0 spiro atoms. The summed E-state index contributed by atoms with van der Waals surface area (Å²) in [5, 5.41) is 9.54. The van der Waals surface area contributed by atoms with E-state index in [1.165, 1.54) is 43.5 Å². The quantitative estimate of drug-likeness (QED) is 0.786. The highest BCUT2D eigenvalue weighted by Crippen LogP contribution is 2.36. The standard InChI is InChI=1S/C18H15F2NO2/c1-23-18(22)10-16(12-4-2-6-14(19)8-12)17(11-21)13-5-3-7-15(20)9-13/h2-9,16-17H,10H2,1H3. The van der Waals surface area contributed by atoms with E-state index >= 15 is 0 Å². The minimum atomic E-state index is -0.799. The van der Waals surface area contributed by atoms with Gasteiger partial charge in [0.25, 0.3) is 0 Å². The number of methoxy groups -OCH3 is 1. The molecule has 0 saturated carbocycles. The average molecular weight is 315 g/mol. The van der Waals surface area contributed by atoms with Crippen LogP contribution in [0.2, 0.25) is 0 Å². The first-order valence-electron chi connectivity index (χ1n) is 7.02. The molecule has 2 atom stereocenters. The maximum absolute atomic E-state index is 13.5. The van der Waals surface area contributed by atoms with Crippen LogP contribution in [0.5, 0.6) is 0 Å². The molecule has 0 bridgehead atoms. The van der Waals surface area contributed by atoms with Crippen molar-refractivity contribution < 1.29 is 18.3 Å². The summed E-state index contributed by atoms with van der Waals surface area (Å²) in [5.41, 5.74) is 0.928. The number of esters is 1. The van der Waals surface area contributed by atoms with Crippen LogP contribution in [0.1, 0.15) is 29.4 Å². The third-order valence-electron chi connectivity index (χ3n) is 3.64. The van der Waals surface area contributed by atoms with Crippen LogP contribution in [0.3, 0.4) is 0 Å². The van der Waals surface area contributed by atoms with Gasteiger partial charge in [-0.2, -0.15) is 5.26 Å². The number of hydrogen-bond acceptors (Lipinski definition) is 3. The second kappa shape index (κ2) is 7.50. The monoisotopic (exact) mass is 315 g/mol. The van der Waals surface area contributed by atoms with Gasteiger partial charge < -0.3 is 4.74 Å². The second-order valence-electron chi connectivity index (χ2n) is 5.10. The summed E-state index contributed by atoms with van der Waals surface area (Å²) in [4.78, 5) is 11.7. The SMILES string of the molecule is COC(=O)CC(c1cccc(F)c1)C(C#N)c1cccc(F)c1. The van der Waals surface area contributed by atoms with Gasteiger partial charge in [-0.15, -0.1) is 0 Å². The number of benzene rings is 2. The predicted octanol–water partition coefficient (Wildman–Crippen LogP) is 3.92. The zero-order valence-electron chi connectivity index (χ0n) is 12.5. The van der Waals surface area contributed by atoms with E-state index in [1.807, 2.05) is 0 Å². The van der Waals surface area contributed by atoms with Gasteiger partial charge in [0.1, 0.15) is 11.6 Å². The number of halogens is 2. The number of nitriles is 1. The Hall–Kier alpha value is -2.74. The van der Waals surface area contributed by atoms with Gasteiger partial charge in [0, 0.05) is 5.92 Å². The molecule has 0 aliphatic rings. The number of rotatable bonds is 5. The molecule has 0 aromatic heterocycles. The lowest BCUT2D eigenvalue weighted by Crippen LogP contribution is -2.16. The first kappa shape index (κ1) is 16.6. The molecule has 2 aromatic rings. The van der Waals surface area contributed by atoms with Crippen molar-refractivity contribution in [1.82, 2.24) is 0 Å². The molecule has 5 heteroatoms. The van der Waals surface area contributed by atoms with E-state index in [2.05, 4.69) is 10.8 Å². The molecular weight excluding hydrogens is 300 g/mol. The molecule has 0 aliphatic carbocycles. The lowest BCUT2D eigenvalue weighted by Gasteiger charge is -2.22. The minimum Gasteiger partial charge on any atom is -0.469 e. The fraction of sp³-hybridized carbons (Fsp3) is 0.222. The van der Waals surface area contributed by atoms with Crippen molar-refractivity contribution in [2.75, 3.05) is 7.11 Å². The van der Waals surface area contributed by atoms with Crippen LogP contribution < -0.4 is 0 Å². The van der Waals surface area contributed by atoms with Crippen LogP contribution in [-0.4, -0.2) is 13.1 Å². The highest BCUT2D eigenvalue weighted by molar-refractivity contribution is 5.70.